The SMILES string of the molecule is CS(=O)COc1cc(C(N)=O)cc(C(F)(F)F)c1. The summed E-state index contributed by atoms with van der Waals surface area (Å²) >= 11 is 0. The number of rotatable bonds is 4. The Bertz CT molecular complexity index is 488. The summed E-state index contributed by atoms with van der Waals surface area (Å²) < 4.78 is 53.3. The van der Waals surface area contributed by atoms with Crippen molar-refractivity contribution in [3.05, 3.63) is 29.3 Å². The van der Waals surface area contributed by atoms with Crippen molar-refractivity contribution >= 4 is 16.7 Å². The first kappa shape index (κ1) is 14.5. The van der Waals surface area contributed by atoms with Crippen LogP contribution in [-0.4, -0.2) is 22.3 Å². The zero-order valence-corrected chi connectivity index (χ0v) is 10.1. The number of halogens is 3. The van der Waals surface area contributed by atoms with E-state index < -0.39 is 28.4 Å². The molecule has 4 nitrogen and oxygen atoms in total. The van der Waals surface area contributed by atoms with E-state index in [0.29, 0.717) is 6.07 Å². The molecular formula is C10H10F3NO3S. The Morgan fingerprint density at radius 1 is 1.39 bits per heavy atom. The Kier molecular flexibility index (Phi) is 4.33. The number of nitrogens with two attached hydrogens (primary N) is 1. The first-order valence-corrected chi connectivity index (χ1v) is 6.38. The van der Waals surface area contributed by atoms with E-state index in [1.807, 2.05) is 0 Å². The number of hydrogen-bond donors (Lipinski definition) is 1. The predicted molar refractivity (Wildman–Crippen MR) is 59.5 cm³/mol. The van der Waals surface area contributed by atoms with Crippen LogP contribution in [0.2, 0.25) is 0 Å². The Labute approximate surface area is 103 Å². The molecule has 0 aliphatic rings. The molecule has 18 heavy (non-hydrogen) atoms. The largest absolute Gasteiger partial charge is 0.480 e. The number of carbonyl (C=O) groups is 1. The first-order chi connectivity index (χ1) is 8.20. The van der Waals surface area contributed by atoms with Gasteiger partial charge in [0.2, 0.25) is 5.91 Å². The second-order valence-electron chi connectivity index (χ2n) is 3.44. The molecule has 0 fully saturated rings. The molecule has 100 valence electrons. The highest BCUT2D eigenvalue weighted by Crippen LogP contribution is 2.32. The fourth-order valence-electron chi connectivity index (χ4n) is 1.14. The number of alkyl halides is 3. The van der Waals surface area contributed by atoms with Gasteiger partial charge in [-0.3, -0.25) is 9.00 Å². The van der Waals surface area contributed by atoms with Gasteiger partial charge in [-0.1, -0.05) is 0 Å². The molecule has 0 saturated carbocycles. The lowest BCUT2D eigenvalue weighted by Gasteiger charge is -2.11. The van der Waals surface area contributed by atoms with Gasteiger partial charge >= 0.3 is 6.18 Å². The Morgan fingerprint density at radius 3 is 2.44 bits per heavy atom. The van der Waals surface area contributed by atoms with Crippen molar-refractivity contribution in [2.45, 2.75) is 6.18 Å². The minimum Gasteiger partial charge on any atom is -0.480 e. The molecule has 0 aliphatic heterocycles. The second-order valence-corrected chi connectivity index (χ2v) is 4.83. The van der Waals surface area contributed by atoms with Crippen LogP contribution in [0.4, 0.5) is 13.2 Å². The maximum absolute atomic E-state index is 12.5. The minimum absolute atomic E-state index is 0.200. The van der Waals surface area contributed by atoms with Crippen LogP contribution in [0, 0.1) is 0 Å². The maximum atomic E-state index is 12.5. The van der Waals surface area contributed by atoms with Gasteiger partial charge in [-0.15, -0.1) is 0 Å². The molecule has 0 aliphatic carbocycles. The van der Waals surface area contributed by atoms with E-state index in [0.717, 1.165) is 12.1 Å². The highest BCUT2D eigenvalue weighted by atomic mass is 32.2. The smallest absolute Gasteiger partial charge is 0.416 e. The third kappa shape index (κ3) is 4.02. The maximum Gasteiger partial charge on any atom is 0.416 e. The van der Waals surface area contributed by atoms with Crippen molar-refractivity contribution in [1.82, 2.24) is 0 Å². The van der Waals surface area contributed by atoms with E-state index >= 15 is 0 Å². The number of ether oxygens (including phenoxy) is 1. The van der Waals surface area contributed by atoms with Crippen molar-refractivity contribution in [3.8, 4) is 5.75 Å². The summed E-state index contributed by atoms with van der Waals surface area (Å²) in [6.07, 6.45) is -3.28. The van der Waals surface area contributed by atoms with Gasteiger partial charge in [-0.05, 0) is 18.2 Å². The lowest BCUT2D eigenvalue weighted by molar-refractivity contribution is -0.137. The standard InChI is InChI=1S/C10H10F3NO3S/c1-18(16)5-17-8-3-6(9(14)15)2-7(4-8)10(11,12)13/h2-4H,5H2,1H3,(H2,14,15). The number of benzene rings is 1. The molecule has 0 bridgehead atoms. The van der Waals surface area contributed by atoms with E-state index in [1.54, 1.807) is 0 Å². The zero-order chi connectivity index (χ0) is 13.9. The summed E-state index contributed by atoms with van der Waals surface area (Å²) in [7, 11) is -1.33. The van der Waals surface area contributed by atoms with Crippen LogP contribution in [0.25, 0.3) is 0 Å². The van der Waals surface area contributed by atoms with E-state index in [2.05, 4.69) is 0 Å². The molecule has 0 aromatic heterocycles. The fraction of sp³-hybridized carbons (Fsp3) is 0.300. The molecule has 8 heteroatoms. The van der Waals surface area contributed by atoms with Gasteiger partial charge in [0.1, 0.15) is 5.75 Å². The lowest BCUT2D eigenvalue weighted by Crippen LogP contribution is -2.14. The van der Waals surface area contributed by atoms with Crippen molar-refractivity contribution in [2.75, 3.05) is 12.2 Å². The number of amides is 1. The van der Waals surface area contributed by atoms with E-state index in [1.165, 1.54) is 6.26 Å². The van der Waals surface area contributed by atoms with Gasteiger partial charge < -0.3 is 10.5 Å². The van der Waals surface area contributed by atoms with Crippen LogP contribution in [0.5, 0.6) is 5.75 Å². The summed E-state index contributed by atoms with van der Waals surface area (Å²) in [5.41, 5.74) is 3.57. The number of primary amides is 1. The average molecular weight is 281 g/mol. The van der Waals surface area contributed by atoms with Gasteiger partial charge in [0.25, 0.3) is 0 Å². The van der Waals surface area contributed by atoms with Crippen LogP contribution in [0.3, 0.4) is 0 Å². The predicted octanol–water partition coefficient (Wildman–Crippen LogP) is 1.52. The molecule has 2 N–H and O–H groups in total. The molecule has 0 saturated heterocycles. The topological polar surface area (TPSA) is 69.4 Å². The van der Waals surface area contributed by atoms with Crippen LogP contribution < -0.4 is 10.5 Å². The Hall–Kier alpha value is -1.57. The lowest BCUT2D eigenvalue weighted by atomic mass is 10.1. The van der Waals surface area contributed by atoms with Crippen molar-refractivity contribution in [1.29, 1.82) is 0 Å². The van der Waals surface area contributed by atoms with E-state index in [9.17, 15) is 22.2 Å². The Balaban J connectivity index is 3.14. The fourth-order valence-corrected chi connectivity index (χ4v) is 1.44. The average Bonchev–Trinajstić information content (AvgIpc) is 2.24. The third-order valence-corrected chi connectivity index (χ3v) is 2.36. The molecule has 1 amide bonds. The summed E-state index contributed by atoms with van der Waals surface area (Å²) in [6, 6.07) is 2.43. The Morgan fingerprint density at radius 2 is 2.00 bits per heavy atom. The molecule has 1 rings (SSSR count). The molecule has 0 radical (unpaired) electrons. The quantitative estimate of drug-likeness (QED) is 0.909. The van der Waals surface area contributed by atoms with Gasteiger partial charge in [0, 0.05) is 11.8 Å². The molecule has 0 heterocycles. The summed E-state index contributed by atoms with van der Waals surface area (Å²) in [4.78, 5) is 10.9. The molecule has 1 unspecified atom stereocenters. The van der Waals surface area contributed by atoms with Crippen LogP contribution in [0.15, 0.2) is 18.2 Å². The van der Waals surface area contributed by atoms with Gasteiger partial charge in [0.05, 0.1) is 16.4 Å². The van der Waals surface area contributed by atoms with Gasteiger partial charge in [-0.2, -0.15) is 13.2 Å². The number of hydrogen-bond acceptors (Lipinski definition) is 3. The highest BCUT2D eigenvalue weighted by Gasteiger charge is 2.31. The van der Waals surface area contributed by atoms with Gasteiger partial charge in [0.15, 0.2) is 5.94 Å². The summed E-state index contributed by atoms with van der Waals surface area (Å²) in [6.45, 7) is 0. The van der Waals surface area contributed by atoms with E-state index in [-0.39, 0.29) is 17.3 Å². The van der Waals surface area contributed by atoms with Crippen molar-refractivity contribution < 1.29 is 26.9 Å². The van der Waals surface area contributed by atoms with Crippen molar-refractivity contribution in [2.24, 2.45) is 5.73 Å². The van der Waals surface area contributed by atoms with Crippen LogP contribution >= 0.6 is 0 Å². The van der Waals surface area contributed by atoms with Crippen LogP contribution in [-0.2, 0) is 17.0 Å². The minimum atomic E-state index is -4.62. The van der Waals surface area contributed by atoms with Crippen molar-refractivity contribution in [3.63, 3.8) is 0 Å². The highest BCUT2D eigenvalue weighted by molar-refractivity contribution is 7.84. The second kappa shape index (κ2) is 5.38. The summed E-state index contributed by atoms with van der Waals surface area (Å²) in [5, 5.41) is 0. The normalized spacial score (nSPS) is 13.1. The van der Waals surface area contributed by atoms with Gasteiger partial charge in [-0.25, -0.2) is 0 Å². The molecular weight excluding hydrogens is 271 g/mol. The molecule has 1 aromatic rings. The first-order valence-electron chi connectivity index (χ1n) is 4.65. The monoisotopic (exact) mass is 281 g/mol. The third-order valence-electron chi connectivity index (χ3n) is 1.91. The zero-order valence-electron chi connectivity index (χ0n) is 9.28. The molecule has 1 aromatic carbocycles. The number of carbonyl (C=O) groups excluding carboxylic acids is 1. The molecule has 1 atom stereocenters. The molecule has 0 spiro atoms. The van der Waals surface area contributed by atoms with E-state index in [4.69, 9.17) is 10.5 Å². The summed E-state index contributed by atoms with van der Waals surface area (Å²) in [5.74, 6) is -1.46. The van der Waals surface area contributed by atoms with Crippen LogP contribution in [0.1, 0.15) is 15.9 Å².